The van der Waals surface area contributed by atoms with E-state index in [4.69, 9.17) is 20.3 Å². The van der Waals surface area contributed by atoms with Gasteiger partial charge in [-0.25, -0.2) is 0 Å². The lowest BCUT2D eigenvalue weighted by atomic mass is 9.82. The van der Waals surface area contributed by atoms with E-state index in [9.17, 15) is 19.8 Å². The molecular weight excluding hydrogens is 899 g/mol. The first-order valence-electron chi connectivity index (χ1n) is 25.3. The van der Waals surface area contributed by atoms with Crippen molar-refractivity contribution in [3.63, 3.8) is 0 Å². The Balaban J connectivity index is 0.688. The quantitative estimate of drug-likeness (QED) is 0.0855. The number of aromatic hydroxyl groups is 1. The minimum Gasteiger partial charge on any atom is -0.507 e. The number of β-amino-alcohol motifs (C(OH)–C–C–N with tert-alkyl or cyclic N) is 1. The SMILES string of the molecule is CC(C)[C@@H](C(=O)N1C[C@H](O)C[C@H]1C(=O)N[C@@H](C)c1ccc(C#N)cc1)c1cc(N2CCC(CN3CCC(OC4CC(C#C[C@@H](C)n5cc(C6=C(N)NNC(c7ccccc7O)=C6)cn5)C4)CC3)CC2)no1. The third-order valence-electron chi connectivity index (χ3n) is 14.9. The number of hydrogen-bond acceptors (Lipinski definition) is 14. The number of nitrogens with one attached hydrogen (secondary N) is 3. The summed E-state index contributed by atoms with van der Waals surface area (Å²) in [5.41, 5.74) is 16.7. The molecule has 2 aromatic heterocycles. The van der Waals surface area contributed by atoms with Crippen molar-refractivity contribution in [1.29, 1.82) is 5.26 Å². The molecule has 4 aliphatic heterocycles. The number of aromatic nitrogens is 3. The summed E-state index contributed by atoms with van der Waals surface area (Å²) < 4.78 is 14.3. The number of aliphatic hydroxyl groups is 1. The van der Waals surface area contributed by atoms with Gasteiger partial charge in [0, 0.05) is 80.6 Å². The molecule has 374 valence electrons. The molecule has 5 atom stereocenters. The Morgan fingerprint density at radius 1 is 0.986 bits per heavy atom. The lowest BCUT2D eigenvalue weighted by molar-refractivity contribution is -0.141. The van der Waals surface area contributed by atoms with Crippen molar-refractivity contribution in [3.05, 3.63) is 107 Å². The number of ether oxygens (including phenoxy) is 1. The highest BCUT2D eigenvalue weighted by Crippen LogP contribution is 2.36. The van der Waals surface area contributed by atoms with Gasteiger partial charge in [0.2, 0.25) is 11.8 Å². The van der Waals surface area contributed by atoms with Crippen molar-refractivity contribution in [1.82, 2.24) is 40.9 Å². The van der Waals surface area contributed by atoms with E-state index < -0.39 is 18.1 Å². The summed E-state index contributed by atoms with van der Waals surface area (Å²) in [5.74, 6) is 8.22. The number of piperidine rings is 2. The Hall–Kier alpha value is -6.79. The van der Waals surface area contributed by atoms with Crippen LogP contribution in [0.2, 0.25) is 0 Å². The Kier molecular flexibility index (Phi) is 15.0. The van der Waals surface area contributed by atoms with Crippen LogP contribution in [-0.4, -0.2) is 110 Å². The van der Waals surface area contributed by atoms with E-state index in [1.165, 1.54) is 4.90 Å². The van der Waals surface area contributed by atoms with Crippen LogP contribution in [0, 0.1) is 40.9 Å². The number of nitrogens with zero attached hydrogens (tertiary/aromatic N) is 7. The van der Waals surface area contributed by atoms with Crippen LogP contribution in [0.1, 0.15) is 119 Å². The number of benzene rings is 2. The molecule has 0 bridgehead atoms. The van der Waals surface area contributed by atoms with E-state index in [-0.39, 0.29) is 60.7 Å². The summed E-state index contributed by atoms with van der Waals surface area (Å²) in [4.78, 5) is 34.2. The summed E-state index contributed by atoms with van der Waals surface area (Å²) in [6.45, 7) is 12.7. The second-order valence-electron chi connectivity index (χ2n) is 20.4. The predicted molar refractivity (Wildman–Crippen MR) is 268 cm³/mol. The zero-order chi connectivity index (χ0) is 49.8. The van der Waals surface area contributed by atoms with Crippen LogP contribution in [0.15, 0.2) is 83.4 Å². The lowest BCUT2D eigenvalue weighted by Gasteiger charge is -2.40. The van der Waals surface area contributed by atoms with Crippen LogP contribution in [0.3, 0.4) is 0 Å². The molecule has 4 aromatic rings. The van der Waals surface area contributed by atoms with Crippen molar-refractivity contribution in [2.75, 3.05) is 44.2 Å². The average molecular weight is 966 g/mol. The Labute approximate surface area is 416 Å². The van der Waals surface area contributed by atoms with E-state index in [2.05, 4.69) is 54.1 Å². The van der Waals surface area contributed by atoms with Crippen LogP contribution in [0.25, 0.3) is 11.3 Å². The number of aliphatic hydroxyl groups excluding tert-OH is 1. The molecule has 4 fully saturated rings. The zero-order valence-electron chi connectivity index (χ0n) is 41.1. The Morgan fingerprint density at radius 2 is 1.73 bits per heavy atom. The molecule has 7 N–H and O–H groups in total. The minimum atomic E-state index is -0.822. The van der Waals surface area contributed by atoms with Gasteiger partial charge in [0.15, 0.2) is 11.6 Å². The number of hydrazine groups is 1. The molecule has 0 radical (unpaired) electrons. The van der Waals surface area contributed by atoms with Crippen LogP contribution < -0.4 is 26.8 Å². The standard InChI is InChI=1S/C54H67N11O6/c1-33(2)51(54(69)64-32-41(66)25-47(64)53(68)58-35(4)39-13-11-36(28-55)12-14-39)49-27-50(61-71-49)63-21-15-37(16-22-63)30-62-19-17-42(18-20-62)70-43-23-38(24-43)10-9-34(3)65-31-40(29-57-65)45-26-46(59-60-52(45)56)44-7-5-6-8-48(44)67/h5-8,11-14,26-27,29,31,33-35,37-38,41-43,47,51,59-60,66-67H,15-25,30,32,56H2,1-4H3,(H,58,68)/t34-,35+,38?,41-,43?,47+,51-/m1/s1. The number of para-hydroxylation sites is 1. The number of allylic oxidation sites excluding steroid dienone is 2. The number of nitrogens with two attached hydrogens (primary N) is 1. The molecule has 17 nitrogen and oxygen atoms in total. The highest BCUT2D eigenvalue weighted by atomic mass is 16.5. The molecule has 6 heterocycles. The smallest absolute Gasteiger partial charge is 0.243 e. The molecule has 3 saturated heterocycles. The van der Waals surface area contributed by atoms with Crippen LogP contribution >= 0.6 is 0 Å². The number of anilines is 1. The third-order valence-corrected chi connectivity index (χ3v) is 14.9. The van der Waals surface area contributed by atoms with E-state index in [0.29, 0.717) is 40.2 Å². The van der Waals surface area contributed by atoms with E-state index >= 15 is 0 Å². The number of carbonyl (C=O) groups is 2. The van der Waals surface area contributed by atoms with Crippen LogP contribution in [0.5, 0.6) is 5.75 Å². The van der Waals surface area contributed by atoms with E-state index in [0.717, 1.165) is 93.8 Å². The largest absolute Gasteiger partial charge is 0.507 e. The van der Waals surface area contributed by atoms with Gasteiger partial charge in [0.05, 0.1) is 47.9 Å². The molecule has 1 saturated carbocycles. The highest BCUT2D eigenvalue weighted by molar-refractivity contribution is 5.91. The third kappa shape index (κ3) is 11.4. The monoisotopic (exact) mass is 966 g/mol. The summed E-state index contributed by atoms with van der Waals surface area (Å²) in [7, 11) is 0. The van der Waals surface area contributed by atoms with E-state index in [1.807, 2.05) is 62.8 Å². The van der Waals surface area contributed by atoms with Crippen molar-refractivity contribution >= 4 is 28.9 Å². The summed E-state index contributed by atoms with van der Waals surface area (Å²) in [6, 6.07) is 16.9. The number of rotatable bonds is 14. The molecular formula is C54H67N11O6. The van der Waals surface area contributed by atoms with Gasteiger partial charge < -0.3 is 45.2 Å². The second kappa shape index (κ2) is 21.7. The van der Waals surface area contributed by atoms with Crippen molar-refractivity contribution in [2.24, 2.45) is 23.5 Å². The summed E-state index contributed by atoms with van der Waals surface area (Å²) in [5, 5.41) is 42.2. The zero-order valence-corrected chi connectivity index (χ0v) is 41.1. The van der Waals surface area contributed by atoms with Crippen LogP contribution in [0.4, 0.5) is 5.82 Å². The predicted octanol–water partition coefficient (Wildman–Crippen LogP) is 5.54. The normalized spacial score (nSPS) is 23.4. The first-order valence-corrected chi connectivity index (χ1v) is 25.3. The second-order valence-corrected chi connectivity index (χ2v) is 20.4. The molecule has 0 spiro atoms. The van der Waals surface area contributed by atoms with Gasteiger partial charge in [-0.3, -0.25) is 25.1 Å². The molecule has 1 aliphatic carbocycles. The number of nitriles is 1. The van der Waals surface area contributed by atoms with E-state index in [1.54, 1.807) is 42.6 Å². The topological polar surface area (TPSA) is 223 Å². The number of amides is 2. The molecule has 2 amide bonds. The van der Waals surface area contributed by atoms with Crippen molar-refractivity contribution < 1.29 is 29.1 Å². The van der Waals surface area contributed by atoms with Gasteiger partial charge in [-0.2, -0.15) is 10.4 Å². The fraction of sp³-hybridized carbons (Fsp3) is 0.500. The van der Waals surface area contributed by atoms with Gasteiger partial charge in [0.1, 0.15) is 29.6 Å². The minimum absolute atomic E-state index is 0.0656. The summed E-state index contributed by atoms with van der Waals surface area (Å²) in [6.07, 6.45) is 11.6. The van der Waals surface area contributed by atoms with Gasteiger partial charge in [-0.05, 0) is 100 Å². The summed E-state index contributed by atoms with van der Waals surface area (Å²) >= 11 is 0. The fourth-order valence-electron chi connectivity index (χ4n) is 10.6. The number of carbonyl (C=O) groups excluding carboxylic acids is 2. The lowest BCUT2D eigenvalue weighted by Crippen LogP contribution is -2.48. The molecule has 71 heavy (non-hydrogen) atoms. The first-order chi connectivity index (χ1) is 34.3. The van der Waals surface area contributed by atoms with Crippen LogP contribution in [-0.2, 0) is 14.3 Å². The van der Waals surface area contributed by atoms with Crippen molar-refractivity contribution in [2.45, 2.75) is 115 Å². The number of phenolic OH excluding ortho intramolecular Hbond substituents is 1. The Bertz CT molecular complexity index is 2690. The van der Waals surface area contributed by atoms with Gasteiger partial charge in [-0.15, -0.1) is 0 Å². The number of likely N-dealkylation sites (tertiary alicyclic amines) is 2. The molecule has 5 aliphatic rings. The van der Waals surface area contributed by atoms with Gasteiger partial charge >= 0.3 is 0 Å². The molecule has 0 unspecified atom stereocenters. The number of hydrogen-bond donors (Lipinski definition) is 6. The average Bonchev–Trinajstić information content (AvgIpc) is 4.14. The maximum absolute atomic E-state index is 14.2. The fourth-order valence-corrected chi connectivity index (χ4v) is 10.6. The Morgan fingerprint density at radius 3 is 2.45 bits per heavy atom. The molecule has 17 heteroatoms. The first kappa shape index (κ1) is 49.2. The van der Waals surface area contributed by atoms with Gasteiger partial charge in [-0.1, -0.05) is 55.1 Å². The highest BCUT2D eigenvalue weighted by Gasteiger charge is 2.44. The van der Waals surface area contributed by atoms with Gasteiger partial charge in [0.25, 0.3) is 0 Å². The maximum atomic E-state index is 14.2. The number of phenols is 1. The van der Waals surface area contributed by atoms with Crippen molar-refractivity contribution in [3.8, 4) is 23.7 Å². The molecule has 9 rings (SSSR count). The molecule has 2 aromatic carbocycles. The maximum Gasteiger partial charge on any atom is 0.243 e.